The van der Waals surface area contributed by atoms with E-state index in [1.165, 1.54) is 19.3 Å². The molecule has 0 N–H and O–H groups in total. The topological polar surface area (TPSA) is 30.7 Å². The molecule has 1 aromatic rings. The van der Waals surface area contributed by atoms with Gasteiger partial charge in [0, 0.05) is 6.20 Å². The average molecular weight is 223 g/mol. The minimum atomic E-state index is 0.469. The van der Waals surface area contributed by atoms with E-state index in [2.05, 4.69) is 44.2 Å². The molecular formula is C13H25N3. The van der Waals surface area contributed by atoms with Crippen LogP contribution in [0.5, 0.6) is 0 Å². The second kappa shape index (κ2) is 6.66. The molecule has 3 heteroatoms. The highest BCUT2D eigenvalue weighted by molar-refractivity contribution is 4.93. The lowest BCUT2D eigenvalue weighted by molar-refractivity contribution is 0.464. The number of hydrogen-bond donors (Lipinski definition) is 0. The number of nitrogens with zero attached hydrogens (tertiary/aromatic N) is 3. The summed E-state index contributed by atoms with van der Waals surface area (Å²) in [7, 11) is 0. The maximum Gasteiger partial charge on any atom is 0.0827 e. The monoisotopic (exact) mass is 223 g/mol. The summed E-state index contributed by atoms with van der Waals surface area (Å²) in [4.78, 5) is 0. The largest absolute Gasteiger partial charge is 0.250 e. The van der Waals surface area contributed by atoms with Crippen LogP contribution in [0.15, 0.2) is 6.20 Å². The van der Waals surface area contributed by atoms with Crippen molar-refractivity contribution in [2.45, 2.75) is 65.8 Å². The minimum absolute atomic E-state index is 0.469. The maximum absolute atomic E-state index is 4.21. The first-order valence-corrected chi connectivity index (χ1v) is 6.54. The maximum atomic E-state index is 4.21. The predicted molar refractivity (Wildman–Crippen MR) is 67.4 cm³/mol. The van der Waals surface area contributed by atoms with Gasteiger partial charge in [0.15, 0.2) is 0 Å². The lowest BCUT2D eigenvalue weighted by Gasteiger charge is -2.06. The van der Waals surface area contributed by atoms with Crippen molar-refractivity contribution in [2.24, 2.45) is 5.92 Å². The van der Waals surface area contributed by atoms with Crippen LogP contribution < -0.4 is 0 Å². The quantitative estimate of drug-likeness (QED) is 0.661. The molecule has 1 heterocycles. The summed E-state index contributed by atoms with van der Waals surface area (Å²) < 4.78 is 1.98. The smallest absolute Gasteiger partial charge is 0.0827 e. The molecule has 0 aliphatic rings. The summed E-state index contributed by atoms with van der Waals surface area (Å²) in [5.74, 6) is 0.816. The Bertz CT molecular complexity index is 291. The van der Waals surface area contributed by atoms with E-state index in [1.54, 1.807) is 0 Å². The third-order valence-electron chi connectivity index (χ3n) is 3.06. The zero-order valence-electron chi connectivity index (χ0n) is 11.1. The molecule has 3 nitrogen and oxygen atoms in total. The second-order valence-electron chi connectivity index (χ2n) is 5.09. The molecule has 0 fully saturated rings. The number of aryl methyl sites for hydroxylation is 1. The normalized spacial score (nSPS) is 13.3. The first-order valence-electron chi connectivity index (χ1n) is 6.54. The first-order chi connectivity index (χ1) is 7.63. The summed E-state index contributed by atoms with van der Waals surface area (Å²) in [6.45, 7) is 8.91. The molecule has 0 saturated heterocycles. The van der Waals surface area contributed by atoms with Crippen molar-refractivity contribution in [3.05, 3.63) is 11.9 Å². The van der Waals surface area contributed by atoms with E-state index in [0.29, 0.717) is 6.04 Å². The van der Waals surface area contributed by atoms with Gasteiger partial charge in [-0.2, -0.15) is 0 Å². The average Bonchev–Trinajstić information content (AvgIpc) is 2.71. The highest BCUT2D eigenvalue weighted by atomic mass is 15.4. The lowest BCUT2D eigenvalue weighted by atomic mass is 10.0. The molecule has 0 aliphatic heterocycles. The molecule has 0 amide bonds. The third-order valence-corrected chi connectivity index (χ3v) is 3.06. The molecule has 0 aromatic carbocycles. The Hall–Kier alpha value is -0.860. The molecule has 1 atom stereocenters. The van der Waals surface area contributed by atoms with Crippen molar-refractivity contribution in [1.29, 1.82) is 0 Å². The fraction of sp³-hybridized carbons (Fsp3) is 0.846. The van der Waals surface area contributed by atoms with Crippen LogP contribution >= 0.6 is 0 Å². The number of hydrogen-bond acceptors (Lipinski definition) is 2. The minimum Gasteiger partial charge on any atom is -0.250 e. The Balaban J connectivity index is 2.29. The van der Waals surface area contributed by atoms with E-state index in [0.717, 1.165) is 24.5 Å². The molecule has 0 radical (unpaired) electrons. The summed E-state index contributed by atoms with van der Waals surface area (Å²) >= 11 is 0. The first kappa shape index (κ1) is 13.2. The van der Waals surface area contributed by atoms with Crippen LogP contribution in [0, 0.1) is 5.92 Å². The molecule has 1 rings (SSSR count). The fourth-order valence-corrected chi connectivity index (χ4v) is 1.69. The van der Waals surface area contributed by atoms with Crippen molar-refractivity contribution < 1.29 is 0 Å². The van der Waals surface area contributed by atoms with Gasteiger partial charge in [0.2, 0.25) is 0 Å². The van der Waals surface area contributed by atoms with Crippen LogP contribution in [0.1, 0.15) is 65.1 Å². The SMILES string of the molecule is CCC(C)n1cc(CCCCC(C)C)nn1. The van der Waals surface area contributed by atoms with Crippen LogP contribution in [0.25, 0.3) is 0 Å². The van der Waals surface area contributed by atoms with Gasteiger partial charge in [-0.05, 0) is 32.1 Å². The Labute approximate surface area is 99.2 Å². The van der Waals surface area contributed by atoms with E-state index in [-0.39, 0.29) is 0 Å². The highest BCUT2D eigenvalue weighted by Crippen LogP contribution is 2.11. The zero-order valence-corrected chi connectivity index (χ0v) is 11.1. The summed E-state index contributed by atoms with van der Waals surface area (Å²) in [5.41, 5.74) is 1.14. The van der Waals surface area contributed by atoms with Crippen molar-refractivity contribution in [2.75, 3.05) is 0 Å². The van der Waals surface area contributed by atoms with Crippen molar-refractivity contribution >= 4 is 0 Å². The molecule has 1 unspecified atom stereocenters. The molecule has 0 aliphatic carbocycles. The van der Waals surface area contributed by atoms with E-state index >= 15 is 0 Å². The van der Waals surface area contributed by atoms with Crippen LogP contribution in [0.3, 0.4) is 0 Å². The molecule has 1 aromatic heterocycles. The molecule has 92 valence electrons. The lowest BCUT2D eigenvalue weighted by Crippen LogP contribution is -2.03. The molecular weight excluding hydrogens is 198 g/mol. The number of aromatic nitrogens is 3. The Kier molecular flexibility index (Phi) is 5.50. The van der Waals surface area contributed by atoms with Crippen molar-refractivity contribution in [3.8, 4) is 0 Å². The van der Waals surface area contributed by atoms with Crippen LogP contribution in [-0.2, 0) is 6.42 Å². The third kappa shape index (κ3) is 4.33. The van der Waals surface area contributed by atoms with Gasteiger partial charge in [-0.15, -0.1) is 5.10 Å². The van der Waals surface area contributed by atoms with Gasteiger partial charge in [-0.1, -0.05) is 38.8 Å². The Morgan fingerprint density at radius 3 is 2.62 bits per heavy atom. The summed E-state index contributed by atoms with van der Waals surface area (Å²) in [5, 5.41) is 8.38. The van der Waals surface area contributed by atoms with E-state index in [9.17, 15) is 0 Å². The van der Waals surface area contributed by atoms with Gasteiger partial charge in [0.1, 0.15) is 0 Å². The van der Waals surface area contributed by atoms with E-state index in [4.69, 9.17) is 0 Å². The fourth-order valence-electron chi connectivity index (χ4n) is 1.69. The number of rotatable bonds is 7. The van der Waals surface area contributed by atoms with Crippen LogP contribution in [-0.4, -0.2) is 15.0 Å². The van der Waals surface area contributed by atoms with Gasteiger partial charge in [-0.25, -0.2) is 4.68 Å². The van der Waals surface area contributed by atoms with Gasteiger partial charge in [0.05, 0.1) is 11.7 Å². The van der Waals surface area contributed by atoms with Crippen LogP contribution in [0.4, 0.5) is 0 Å². The van der Waals surface area contributed by atoms with Gasteiger partial charge < -0.3 is 0 Å². The standard InChI is InChI=1S/C13H25N3/c1-5-12(4)16-10-13(14-15-16)9-7-6-8-11(2)3/h10-12H,5-9H2,1-4H3. The van der Waals surface area contributed by atoms with Crippen LogP contribution in [0.2, 0.25) is 0 Å². The highest BCUT2D eigenvalue weighted by Gasteiger charge is 2.05. The molecule has 0 saturated carbocycles. The summed E-state index contributed by atoms with van der Waals surface area (Å²) in [6.07, 6.45) is 8.13. The second-order valence-corrected chi connectivity index (χ2v) is 5.09. The van der Waals surface area contributed by atoms with Gasteiger partial charge in [0.25, 0.3) is 0 Å². The predicted octanol–water partition coefficient (Wildman–Crippen LogP) is 3.62. The Morgan fingerprint density at radius 1 is 1.25 bits per heavy atom. The Morgan fingerprint density at radius 2 is 2.00 bits per heavy atom. The van der Waals surface area contributed by atoms with Gasteiger partial charge >= 0.3 is 0 Å². The van der Waals surface area contributed by atoms with E-state index < -0.39 is 0 Å². The van der Waals surface area contributed by atoms with Crippen molar-refractivity contribution in [3.63, 3.8) is 0 Å². The van der Waals surface area contributed by atoms with Crippen molar-refractivity contribution in [1.82, 2.24) is 15.0 Å². The molecule has 16 heavy (non-hydrogen) atoms. The zero-order chi connectivity index (χ0) is 12.0. The molecule has 0 spiro atoms. The van der Waals surface area contributed by atoms with E-state index in [1.807, 2.05) is 4.68 Å². The molecule has 0 bridgehead atoms. The number of unbranched alkanes of at least 4 members (excludes halogenated alkanes) is 1. The summed E-state index contributed by atoms with van der Waals surface area (Å²) in [6, 6.07) is 0.469. The van der Waals surface area contributed by atoms with Gasteiger partial charge in [-0.3, -0.25) is 0 Å².